The van der Waals surface area contributed by atoms with Gasteiger partial charge in [-0.3, -0.25) is 9.59 Å². The molecule has 0 spiro atoms. The molecule has 0 aromatic rings. The molecule has 0 unspecified atom stereocenters. The largest absolute Gasteiger partial charge is 0.380 e. The normalized spacial score (nSPS) is 29.4. The van der Waals surface area contributed by atoms with Crippen molar-refractivity contribution in [2.24, 2.45) is 17.6 Å². The Bertz CT molecular complexity index is 438. The van der Waals surface area contributed by atoms with Crippen LogP contribution in [-0.4, -0.2) is 42.5 Å². The van der Waals surface area contributed by atoms with Crippen LogP contribution in [0.2, 0.25) is 0 Å². The number of rotatable bonds is 5. The van der Waals surface area contributed by atoms with E-state index >= 15 is 0 Å². The van der Waals surface area contributed by atoms with E-state index in [1.54, 1.807) is 18.1 Å². The first-order chi connectivity index (χ1) is 9.60. The second-order valence-corrected chi connectivity index (χ2v) is 6.20. The number of methoxy groups -OCH3 is 1. The third-order valence-electron chi connectivity index (χ3n) is 4.60. The standard InChI is InChI=1S/C15H22N2O3/c1-20-11-6-13(15(16)19)17(8-11)14(18)7-12(9-2-3-9)10-4-5-10/h7,9-11,13H,2-6,8H2,1H3,(H2,16,19)/t11-,13-/m0/s1. The van der Waals surface area contributed by atoms with E-state index in [4.69, 9.17) is 10.5 Å². The summed E-state index contributed by atoms with van der Waals surface area (Å²) < 4.78 is 5.27. The first-order valence-electron chi connectivity index (χ1n) is 7.44. The van der Waals surface area contributed by atoms with Crippen LogP contribution in [-0.2, 0) is 14.3 Å². The maximum Gasteiger partial charge on any atom is 0.247 e. The molecule has 20 heavy (non-hydrogen) atoms. The van der Waals surface area contributed by atoms with Gasteiger partial charge in [-0.1, -0.05) is 5.57 Å². The third-order valence-corrected chi connectivity index (χ3v) is 4.60. The number of allylic oxidation sites excluding steroid dienone is 1. The monoisotopic (exact) mass is 278 g/mol. The second-order valence-electron chi connectivity index (χ2n) is 6.20. The molecule has 3 rings (SSSR count). The lowest BCUT2D eigenvalue weighted by Gasteiger charge is -2.21. The smallest absolute Gasteiger partial charge is 0.247 e. The molecule has 1 heterocycles. The van der Waals surface area contributed by atoms with Crippen molar-refractivity contribution in [3.63, 3.8) is 0 Å². The molecule has 5 heteroatoms. The lowest BCUT2D eigenvalue weighted by atomic mass is 10.1. The van der Waals surface area contributed by atoms with Crippen molar-refractivity contribution in [2.45, 2.75) is 44.2 Å². The molecule has 5 nitrogen and oxygen atoms in total. The minimum atomic E-state index is -0.525. The van der Waals surface area contributed by atoms with Crippen molar-refractivity contribution < 1.29 is 14.3 Å². The highest BCUT2D eigenvalue weighted by atomic mass is 16.5. The molecule has 0 aromatic carbocycles. The fourth-order valence-electron chi connectivity index (χ4n) is 3.11. The number of hydrogen-bond donors (Lipinski definition) is 1. The van der Waals surface area contributed by atoms with E-state index in [9.17, 15) is 9.59 Å². The summed E-state index contributed by atoms with van der Waals surface area (Å²) in [5, 5.41) is 0. The Kier molecular flexibility index (Phi) is 3.54. The number of primary amides is 1. The summed E-state index contributed by atoms with van der Waals surface area (Å²) in [6.45, 7) is 0.460. The van der Waals surface area contributed by atoms with Gasteiger partial charge in [0.05, 0.1) is 6.10 Å². The quantitative estimate of drug-likeness (QED) is 0.757. The summed E-state index contributed by atoms with van der Waals surface area (Å²) in [7, 11) is 1.60. The van der Waals surface area contributed by atoms with E-state index < -0.39 is 11.9 Å². The maximum absolute atomic E-state index is 12.5. The number of carbonyl (C=O) groups excluding carboxylic acids is 2. The van der Waals surface area contributed by atoms with Gasteiger partial charge in [-0.2, -0.15) is 0 Å². The number of amides is 2. The van der Waals surface area contributed by atoms with Gasteiger partial charge < -0.3 is 15.4 Å². The van der Waals surface area contributed by atoms with Crippen LogP contribution in [0.5, 0.6) is 0 Å². The summed E-state index contributed by atoms with van der Waals surface area (Å²) in [6, 6.07) is -0.525. The van der Waals surface area contributed by atoms with E-state index in [0.717, 1.165) is 0 Å². The zero-order valence-electron chi connectivity index (χ0n) is 11.9. The highest BCUT2D eigenvalue weighted by Crippen LogP contribution is 2.48. The Labute approximate surface area is 119 Å². The van der Waals surface area contributed by atoms with Crippen LogP contribution in [0.15, 0.2) is 11.6 Å². The van der Waals surface area contributed by atoms with Gasteiger partial charge in [0.15, 0.2) is 0 Å². The number of nitrogens with zero attached hydrogens (tertiary/aromatic N) is 1. The predicted octanol–water partition coefficient (Wildman–Crippen LogP) is 0.834. The maximum atomic E-state index is 12.5. The number of hydrogen-bond acceptors (Lipinski definition) is 3. The van der Waals surface area contributed by atoms with Crippen LogP contribution in [0, 0.1) is 11.8 Å². The zero-order valence-corrected chi connectivity index (χ0v) is 11.9. The molecule has 2 N–H and O–H groups in total. The van der Waals surface area contributed by atoms with Gasteiger partial charge >= 0.3 is 0 Å². The molecule has 110 valence electrons. The number of carbonyl (C=O) groups is 2. The average Bonchev–Trinajstić information content (AvgIpc) is 3.32. The van der Waals surface area contributed by atoms with Gasteiger partial charge in [0.25, 0.3) is 0 Å². The molecule has 2 atom stereocenters. The second kappa shape index (κ2) is 5.20. The Balaban J connectivity index is 1.74. The molecule has 2 amide bonds. The molecule has 3 fully saturated rings. The first-order valence-corrected chi connectivity index (χ1v) is 7.44. The molecule has 0 aromatic heterocycles. The van der Waals surface area contributed by atoms with Gasteiger partial charge in [0, 0.05) is 26.2 Å². The van der Waals surface area contributed by atoms with Crippen LogP contribution in [0.1, 0.15) is 32.1 Å². The van der Waals surface area contributed by atoms with Crippen molar-refractivity contribution in [1.82, 2.24) is 4.90 Å². The van der Waals surface area contributed by atoms with Crippen molar-refractivity contribution >= 4 is 11.8 Å². The topological polar surface area (TPSA) is 72.6 Å². The molecular formula is C15H22N2O3. The van der Waals surface area contributed by atoms with Crippen molar-refractivity contribution in [3.8, 4) is 0 Å². The number of ether oxygens (including phenoxy) is 1. The third kappa shape index (κ3) is 2.73. The van der Waals surface area contributed by atoms with Gasteiger partial charge in [0.2, 0.25) is 11.8 Å². The lowest BCUT2D eigenvalue weighted by molar-refractivity contribution is -0.133. The molecule has 1 aliphatic heterocycles. The molecule has 2 aliphatic carbocycles. The summed E-state index contributed by atoms with van der Waals surface area (Å²) in [4.78, 5) is 25.6. The SMILES string of the molecule is CO[C@H]1C[C@@H](C(N)=O)N(C(=O)C=C(C2CC2)C2CC2)C1. The van der Waals surface area contributed by atoms with E-state index in [1.165, 1.54) is 31.3 Å². The molecule has 2 saturated carbocycles. The minimum Gasteiger partial charge on any atom is -0.380 e. The fraction of sp³-hybridized carbons (Fsp3) is 0.733. The van der Waals surface area contributed by atoms with Crippen molar-refractivity contribution in [2.75, 3.05) is 13.7 Å². The van der Waals surface area contributed by atoms with E-state index in [-0.39, 0.29) is 12.0 Å². The Morgan fingerprint density at radius 2 is 1.80 bits per heavy atom. The van der Waals surface area contributed by atoms with Gasteiger partial charge in [-0.25, -0.2) is 0 Å². The highest BCUT2D eigenvalue weighted by molar-refractivity contribution is 5.93. The predicted molar refractivity (Wildman–Crippen MR) is 73.6 cm³/mol. The summed E-state index contributed by atoms with van der Waals surface area (Å²) in [5.74, 6) is 0.714. The highest BCUT2D eigenvalue weighted by Gasteiger charge is 2.40. The van der Waals surface area contributed by atoms with Crippen molar-refractivity contribution in [3.05, 3.63) is 11.6 Å². The molecular weight excluding hydrogens is 256 g/mol. The van der Waals surface area contributed by atoms with Crippen molar-refractivity contribution in [1.29, 1.82) is 0 Å². The first kappa shape index (κ1) is 13.6. The van der Waals surface area contributed by atoms with E-state index in [0.29, 0.717) is 24.8 Å². The summed E-state index contributed by atoms with van der Waals surface area (Å²) in [6.07, 6.45) is 7.02. The lowest BCUT2D eigenvalue weighted by Crippen LogP contribution is -2.43. The van der Waals surface area contributed by atoms with E-state index in [1.807, 2.05) is 0 Å². The van der Waals surface area contributed by atoms with Gasteiger partial charge in [0.1, 0.15) is 6.04 Å². The summed E-state index contributed by atoms with van der Waals surface area (Å²) in [5.41, 5.74) is 6.71. The fourth-order valence-corrected chi connectivity index (χ4v) is 3.11. The van der Waals surface area contributed by atoms with Gasteiger partial charge in [-0.15, -0.1) is 0 Å². The van der Waals surface area contributed by atoms with Crippen LogP contribution < -0.4 is 5.73 Å². The van der Waals surface area contributed by atoms with E-state index in [2.05, 4.69) is 0 Å². The van der Waals surface area contributed by atoms with Crippen LogP contribution in [0.4, 0.5) is 0 Å². The van der Waals surface area contributed by atoms with Crippen LogP contribution in [0.3, 0.4) is 0 Å². The average molecular weight is 278 g/mol. The minimum absolute atomic E-state index is 0.0675. The van der Waals surface area contributed by atoms with Gasteiger partial charge in [-0.05, 0) is 37.5 Å². The summed E-state index contributed by atoms with van der Waals surface area (Å²) >= 11 is 0. The Morgan fingerprint density at radius 3 is 2.25 bits per heavy atom. The Hall–Kier alpha value is -1.36. The number of likely N-dealkylation sites (tertiary alicyclic amines) is 1. The molecule has 0 bridgehead atoms. The molecule has 3 aliphatic rings. The molecule has 1 saturated heterocycles. The number of nitrogens with two attached hydrogens (primary N) is 1. The zero-order chi connectivity index (χ0) is 14.3. The Morgan fingerprint density at radius 1 is 1.20 bits per heavy atom. The van der Waals surface area contributed by atoms with Crippen LogP contribution in [0.25, 0.3) is 0 Å². The van der Waals surface area contributed by atoms with Crippen LogP contribution >= 0.6 is 0 Å². The molecule has 0 radical (unpaired) electrons.